The van der Waals surface area contributed by atoms with Crippen molar-refractivity contribution in [3.8, 4) is 22.9 Å². The van der Waals surface area contributed by atoms with Crippen molar-refractivity contribution in [3.05, 3.63) is 66.0 Å². The summed E-state index contributed by atoms with van der Waals surface area (Å²) in [6.45, 7) is 6.83. The molecule has 3 rings (SSSR count). The van der Waals surface area contributed by atoms with E-state index in [0.29, 0.717) is 30.5 Å². The Bertz CT molecular complexity index is 985. The van der Waals surface area contributed by atoms with Gasteiger partial charge in [0.2, 0.25) is 0 Å². The van der Waals surface area contributed by atoms with Crippen molar-refractivity contribution in [2.45, 2.75) is 26.8 Å². The summed E-state index contributed by atoms with van der Waals surface area (Å²) in [5.41, 5.74) is 1.97. The van der Waals surface area contributed by atoms with E-state index < -0.39 is 0 Å². The number of benzene rings is 2. The molecule has 0 saturated carbocycles. The van der Waals surface area contributed by atoms with Gasteiger partial charge in [0.25, 0.3) is 5.91 Å². The Morgan fingerprint density at radius 1 is 1.03 bits per heavy atom. The van der Waals surface area contributed by atoms with E-state index in [0.717, 1.165) is 11.3 Å². The molecule has 1 aromatic heterocycles. The number of aromatic nitrogens is 2. The number of methoxy groups -OCH3 is 1. The number of ether oxygens (including phenoxy) is 3. The second-order valence-electron chi connectivity index (χ2n) is 6.59. The molecule has 0 fully saturated rings. The summed E-state index contributed by atoms with van der Waals surface area (Å²) in [5.74, 6) is 1.43. The molecular weight excluding hydrogens is 382 g/mol. The van der Waals surface area contributed by atoms with Crippen molar-refractivity contribution in [2.75, 3.05) is 20.3 Å². The van der Waals surface area contributed by atoms with E-state index in [1.54, 1.807) is 10.9 Å². The van der Waals surface area contributed by atoms with Gasteiger partial charge >= 0.3 is 0 Å². The number of rotatable bonds is 9. The Morgan fingerprint density at radius 3 is 2.40 bits per heavy atom. The number of hydrogen-bond donors (Lipinski definition) is 1. The fourth-order valence-corrected chi connectivity index (χ4v) is 3.06. The maximum absolute atomic E-state index is 12.9. The molecule has 0 aliphatic rings. The molecule has 0 bridgehead atoms. The first-order valence-electron chi connectivity index (χ1n) is 9.96. The zero-order valence-electron chi connectivity index (χ0n) is 17.7. The maximum atomic E-state index is 12.9. The van der Waals surface area contributed by atoms with Crippen LogP contribution >= 0.6 is 0 Å². The van der Waals surface area contributed by atoms with Gasteiger partial charge in [-0.15, -0.1) is 0 Å². The number of nitrogens with one attached hydrogen (secondary N) is 1. The summed E-state index contributed by atoms with van der Waals surface area (Å²) in [6, 6.07) is 15.0. The number of amides is 1. The van der Waals surface area contributed by atoms with E-state index in [-0.39, 0.29) is 17.6 Å². The zero-order chi connectivity index (χ0) is 21.5. The molecule has 3 aromatic rings. The van der Waals surface area contributed by atoms with Gasteiger partial charge in [0.05, 0.1) is 38.2 Å². The van der Waals surface area contributed by atoms with Crippen molar-refractivity contribution < 1.29 is 19.0 Å². The summed E-state index contributed by atoms with van der Waals surface area (Å²) in [7, 11) is 1.52. The standard InChI is InChI=1S/C23H27N3O4/c1-5-29-19-13-12-17(14-20(19)30-6-2)16(3)24-23(27)22-21(28-4)15-26(25-22)18-10-8-7-9-11-18/h7-16H,5-6H2,1-4H3,(H,24,27). The minimum absolute atomic E-state index is 0.226. The molecule has 2 aromatic carbocycles. The number of para-hydroxylation sites is 1. The smallest absolute Gasteiger partial charge is 0.276 e. The second kappa shape index (κ2) is 9.82. The van der Waals surface area contributed by atoms with Gasteiger partial charge in [0.1, 0.15) is 0 Å². The fraction of sp³-hybridized carbons (Fsp3) is 0.304. The molecule has 30 heavy (non-hydrogen) atoms. The quantitative estimate of drug-likeness (QED) is 0.574. The van der Waals surface area contributed by atoms with E-state index in [1.165, 1.54) is 7.11 Å². The van der Waals surface area contributed by atoms with Crippen molar-refractivity contribution in [2.24, 2.45) is 0 Å². The first kappa shape index (κ1) is 21.2. The molecule has 0 spiro atoms. The third-order valence-corrected chi connectivity index (χ3v) is 4.55. The molecular formula is C23H27N3O4. The highest BCUT2D eigenvalue weighted by Gasteiger charge is 2.21. The third kappa shape index (κ3) is 4.74. The summed E-state index contributed by atoms with van der Waals surface area (Å²) < 4.78 is 18.3. The first-order valence-corrected chi connectivity index (χ1v) is 9.96. The predicted octanol–water partition coefficient (Wildman–Crippen LogP) is 4.17. The molecule has 1 unspecified atom stereocenters. The minimum atomic E-state index is -0.319. The molecule has 0 saturated heterocycles. The monoisotopic (exact) mass is 409 g/mol. The van der Waals surface area contributed by atoms with Crippen LogP contribution in [0, 0.1) is 0 Å². The van der Waals surface area contributed by atoms with Crippen LogP contribution in [0.1, 0.15) is 42.9 Å². The van der Waals surface area contributed by atoms with Gasteiger partial charge in [0, 0.05) is 0 Å². The number of hydrogen-bond acceptors (Lipinski definition) is 5. The van der Waals surface area contributed by atoms with Crippen LogP contribution in [0.2, 0.25) is 0 Å². The van der Waals surface area contributed by atoms with Gasteiger partial charge in [-0.25, -0.2) is 4.68 Å². The van der Waals surface area contributed by atoms with Crippen LogP contribution in [0.4, 0.5) is 0 Å². The van der Waals surface area contributed by atoms with E-state index >= 15 is 0 Å². The zero-order valence-corrected chi connectivity index (χ0v) is 17.7. The van der Waals surface area contributed by atoms with Crippen molar-refractivity contribution in [1.29, 1.82) is 0 Å². The molecule has 1 atom stereocenters. The van der Waals surface area contributed by atoms with Gasteiger partial charge in [-0.3, -0.25) is 4.79 Å². The molecule has 1 amide bonds. The molecule has 1 heterocycles. The third-order valence-electron chi connectivity index (χ3n) is 4.55. The lowest BCUT2D eigenvalue weighted by Crippen LogP contribution is -2.27. The van der Waals surface area contributed by atoms with Crippen molar-refractivity contribution in [1.82, 2.24) is 15.1 Å². The average Bonchev–Trinajstić information content (AvgIpc) is 3.20. The normalized spacial score (nSPS) is 11.6. The van der Waals surface area contributed by atoms with Crippen LogP contribution in [0.25, 0.3) is 5.69 Å². The van der Waals surface area contributed by atoms with E-state index in [1.807, 2.05) is 69.3 Å². The first-order chi connectivity index (χ1) is 14.6. The topological polar surface area (TPSA) is 74.6 Å². The maximum Gasteiger partial charge on any atom is 0.276 e. The van der Waals surface area contributed by atoms with E-state index in [4.69, 9.17) is 14.2 Å². The van der Waals surface area contributed by atoms with Gasteiger partial charge in [-0.2, -0.15) is 5.10 Å². The van der Waals surface area contributed by atoms with Gasteiger partial charge < -0.3 is 19.5 Å². The van der Waals surface area contributed by atoms with Gasteiger partial charge in [-0.1, -0.05) is 24.3 Å². The van der Waals surface area contributed by atoms with E-state index in [2.05, 4.69) is 10.4 Å². The minimum Gasteiger partial charge on any atom is -0.493 e. The van der Waals surface area contributed by atoms with Gasteiger partial charge in [0.15, 0.2) is 22.9 Å². The predicted molar refractivity (Wildman–Crippen MR) is 115 cm³/mol. The van der Waals surface area contributed by atoms with Gasteiger partial charge in [-0.05, 0) is 50.6 Å². The summed E-state index contributed by atoms with van der Waals surface area (Å²) >= 11 is 0. The largest absolute Gasteiger partial charge is 0.493 e. The summed E-state index contributed by atoms with van der Waals surface area (Å²) in [6.07, 6.45) is 1.69. The Balaban J connectivity index is 1.80. The molecule has 1 N–H and O–H groups in total. The van der Waals surface area contributed by atoms with E-state index in [9.17, 15) is 4.79 Å². The molecule has 158 valence electrons. The highest BCUT2D eigenvalue weighted by atomic mass is 16.5. The molecule has 0 aliphatic heterocycles. The Labute approximate surface area is 176 Å². The Kier molecular flexibility index (Phi) is 6.95. The van der Waals surface area contributed by atoms with Crippen LogP contribution in [0.5, 0.6) is 17.2 Å². The lowest BCUT2D eigenvalue weighted by molar-refractivity contribution is 0.0931. The molecule has 0 aliphatic carbocycles. The second-order valence-corrected chi connectivity index (χ2v) is 6.59. The molecule has 0 radical (unpaired) electrons. The highest BCUT2D eigenvalue weighted by molar-refractivity contribution is 5.95. The average molecular weight is 409 g/mol. The lowest BCUT2D eigenvalue weighted by atomic mass is 10.1. The SMILES string of the molecule is CCOc1ccc(C(C)NC(=O)c2nn(-c3ccccc3)cc2OC)cc1OCC. The van der Waals surface area contributed by atoms with Crippen LogP contribution in [-0.4, -0.2) is 36.0 Å². The van der Waals surface area contributed by atoms with Crippen molar-refractivity contribution in [3.63, 3.8) is 0 Å². The summed E-state index contributed by atoms with van der Waals surface area (Å²) in [5, 5.41) is 7.40. The number of carbonyl (C=O) groups is 1. The number of nitrogens with zero attached hydrogens (tertiary/aromatic N) is 2. The van der Waals surface area contributed by atoms with Crippen LogP contribution < -0.4 is 19.5 Å². The molecule has 7 nitrogen and oxygen atoms in total. The summed E-state index contributed by atoms with van der Waals surface area (Å²) in [4.78, 5) is 12.9. The number of carbonyl (C=O) groups excluding carboxylic acids is 1. The Hall–Kier alpha value is -3.48. The highest BCUT2D eigenvalue weighted by Crippen LogP contribution is 2.31. The van der Waals surface area contributed by atoms with Crippen LogP contribution in [0.3, 0.4) is 0 Å². The Morgan fingerprint density at radius 2 is 1.73 bits per heavy atom. The fourth-order valence-electron chi connectivity index (χ4n) is 3.06. The van der Waals surface area contributed by atoms with Crippen LogP contribution in [-0.2, 0) is 0 Å². The lowest BCUT2D eigenvalue weighted by Gasteiger charge is -2.17. The van der Waals surface area contributed by atoms with Crippen molar-refractivity contribution >= 4 is 5.91 Å². The van der Waals surface area contributed by atoms with Crippen LogP contribution in [0.15, 0.2) is 54.7 Å². The molecule has 7 heteroatoms.